The van der Waals surface area contributed by atoms with Gasteiger partial charge in [-0.1, -0.05) is 58.9 Å². The molecule has 6 aromatic rings. The first-order valence-corrected chi connectivity index (χ1v) is 14.0. The van der Waals surface area contributed by atoms with Gasteiger partial charge in [0.05, 0.1) is 5.69 Å². The van der Waals surface area contributed by atoms with Crippen LogP contribution >= 0.6 is 22.7 Å². The number of aromatic nitrogens is 2. The number of hydrogen-bond donors (Lipinski definition) is 0. The van der Waals surface area contributed by atoms with Crippen molar-refractivity contribution in [1.29, 1.82) is 0 Å². The van der Waals surface area contributed by atoms with Gasteiger partial charge in [-0.3, -0.25) is 0 Å². The Balaban J connectivity index is 1.65. The van der Waals surface area contributed by atoms with E-state index in [0.29, 0.717) is 5.92 Å². The molecule has 6 rings (SSSR count). The smallest absolute Gasteiger partial charge is 0.128 e. The molecule has 0 spiro atoms. The molecule has 0 saturated carbocycles. The molecule has 3 aromatic carbocycles. The summed E-state index contributed by atoms with van der Waals surface area (Å²) >= 11 is 3.74. The van der Waals surface area contributed by atoms with Crippen LogP contribution in [0.15, 0.2) is 54.9 Å². The second-order valence-electron chi connectivity index (χ2n) is 11.1. The van der Waals surface area contributed by atoms with Crippen molar-refractivity contribution < 1.29 is 0 Å². The van der Waals surface area contributed by atoms with Crippen LogP contribution in [0.5, 0.6) is 0 Å². The molecule has 0 amide bonds. The average molecular weight is 495 g/mol. The minimum atomic E-state index is 0.0330. The normalized spacial score (nSPS) is 12.7. The van der Waals surface area contributed by atoms with E-state index in [4.69, 9.17) is 9.97 Å². The van der Waals surface area contributed by atoms with Crippen molar-refractivity contribution in [3.8, 4) is 11.3 Å². The van der Waals surface area contributed by atoms with Gasteiger partial charge < -0.3 is 0 Å². The molecule has 0 bridgehead atoms. The standard InChI is InChI=1S/C31H30N2S2/c1-17(2)11-25-18(3)22-14-23-27(15-26(22)34-25)35-30-28(23)29(32-16-33-30)20-12-19-9-7-8-10-21(19)24(13-20)31(4,5)6/h7-10,12-17H,11H2,1-6H3. The summed E-state index contributed by atoms with van der Waals surface area (Å²) in [6.45, 7) is 13.8. The zero-order chi connectivity index (χ0) is 24.5. The monoisotopic (exact) mass is 494 g/mol. The van der Waals surface area contributed by atoms with E-state index in [9.17, 15) is 0 Å². The lowest BCUT2D eigenvalue weighted by Gasteiger charge is -2.22. The van der Waals surface area contributed by atoms with Crippen LogP contribution in [0.3, 0.4) is 0 Å². The molecule has 0 fully saturated rings. The van der Waals surface area contributed by atoms with Gasteiger partial charge in [-0.05, 0) is 76.2 Å². The molecule has 0 aliphatic carbocycles. The zero-order valence-corrected chi connectivity index (χ0v) is 22.8. The molecule has 0 aliphatic rings. The van der Waals surface area contributed by atoms with E-state index in [1.54, 1.807) is 17.7 Å². The molecule has 0 radical (unpaired) electrons. The van der Waals surface area contributed by atoms with Crippen molar-refractivity contribution in [1.82, 2.24) is 9.97 Å². The van der Waals surface area contributed by atoms with E-state index in [1.165, 1.54) is 57.9 Å². The molecule has 0 N–H and O–H groups in total. The second kappa shape index (κ2) is 8.11. The number of hydrogen-bond acceptors (Lipinski definition) is 4. The fourth-order valence-corrected chi connectivity index (χ4v) is 7.81. The van der Waals surface area contributed by atoms with E-state index in [1.807, 2.05) is 11.3 Å². The third kappa shape index (κ3) is 3.75. The third-order valence-corrected chi connectivity index (χ3v) is 9.30. The summed E-state index contributed by atoms with van der Waals surface area (Å²) in [6.07, 6.45) is 2.87. The predicted molar refractivity (Wildman–Crippen MR) is 155 cm³/mol. The SMILES string of the molecule is Cc1c(CC(C)C)sc2cc3sc4ncnc(-c5cc(C(C)(C)C)c6ccccc6c5)c4c3cc12. The molecule has 0 saturated heterocycles. The van der Waals surface area contributed by atoms with Crippen LogP contribution in [-0.4, -0.2) is 9.97 Å². The van der Waals surface area contributed by atoms with Crippen LogP contribution in [0.2, 0.25) is 0 Å². The van der Waals surface area contributed by atoms with Crippen molar-refractivity contribution in [3.05, 3.63) is 70.9 Å². The Morgan fingerprint density at radius 2 is 1.63 bits per heavy atom. The van der Waals surface area contributed by atoms with Crippen LogP contribution in [0.4, 0.5) is 0 Å². The summed E-state index contributed by atoms with van der Waals surface area (Å²) in [5.74, 6) is 0.661. The van der Waals surface area contributed by atoms with Crippen LogP contribution in [0.25, 0.3) is 52.4 Å². The highest BCUT2D eigenvalue weighted by molar-refractivity contribution is 7.26. The van der Waals surface area contributed by atoms with Gasteiger partial charge in [-0.2, -0.15) is 0 Å². The number of benzene rings is 3. The molecule has 0 aliphatic heterocycles. The van der Waals surface area contributed by atoms with E-state index in [0.717, 1.165) is 16.9 Å². The quantitative estimate of drug-likeness (QED) is 0.245. The van der Waals surface area contributed by atoms with Gasteiger partial charge in [0.15, 0.2) is 0 Å². The first-order chi connectivity index (χ1) is 16.7. The Morgan fingerprint density at radius 1 is 0.857 bits per heavy atom. The first kappa shape index (κ1) is 22.6. The number of fused-ring (bicyclic) bond motifs is 5. The summed E-state index contributed by atoms with van der Waals surface area (Å²) < 4.78 is 2.68. The zero-order valence-electron chi connectivity index (χ0n) is 21.2. The average Bonchev–Trinajstić information content (AvgIpc) is 3.32. The largest absolute Gasteiger partial charge is 0.236 e. The minimum Gasteiger partial charge on any atom is -0.236 e. The highest BCUT2D eigenvalue weighted by Crippen LogP contribution is 2.44. The summed E-state index contributed by atoms with van der Waals surface area (Å²) in [4.78, 5) is 12.2. The molecular weight excluding hydrogens is 464 g/mol. The van der Waals surface area contributed by atoms with Gasteiger partial charge >= 0.3 is 0 Å². The molecule has 4 heteroatoms. The Hall–Kier alpha value is -2.82. The Bertz CT molecular complexity index is 1750. The molecule has 35 heavy (non-hydrogen) atoms. The van der Waals surface area contributed by atoms with E-state index in [2.05, 4.69) is 90.1 Å². The van der Waals surface area contributed by atoms with Crippen LogP contribution in [0.1, 0.15) is 50.6 Å². The number of thiophene rings is 2. The van der Waals surface area contributed by atoms with Gasteiger partial charge in [0.25, 0.3) is 0 Å². The molecule has 3 aromatic heterocycles. The molecular formula is C31H30N2S2. The third-order valence-electron chi connectivity index (χ3n) is 6.96. The number of nitrogens with zero attached hydrogens (tertiary/aromatic N) is 2. The number of aryl methyl sites for hydroxylation is 1. The lowest BCUT2D eigenvalue weighted by Crippen LogP contribution is -2.12. The van der Waals surface area contributed by atoms with Gasteiger partial charge in [0.2, 0.25) is 0 Å². The van der Waals surface area contributed by atoms with Crippen molar-refractivity contribution >= 4 is 63.8 Å². The molecule has 3 heterocycles. The molecule has 2 nitrogen and oxygen atoms in total. The first-order valence-electron chi connectivity index (χ1n) is 12.3. The molecule has 0 atom stereocenters. The van der Waals surface area contributed by atoms with Crippen LogP contribution in [0, 0.1) is 12.8 Å². The summed E-state index contributed by atoms with van der Waals surface area (Å²) in [5, 5.41) is 6.41. The van der Waals surface area contributed by atoms with Gasteiger partial charge in [0, 0.05) is 30.6 Å². The Labute approximate surface area is 214 Å². The second-order valence-corrected chi connectivity index (χ2v) is 13.3. The fourth-order valence-electron chi connectivity index (χ4n) is 5.22. The summed E-state index contributed by atoms with van der Waals surface area (Å²) in [6, 6.07) is 18.1. The lowest BCUT2D eigenvalue weighted by atomic mass is 9.82. The summed E-state index contributed by atoms with van der Waals surface area (Å²) in [7, 11) is 0. The van der Waals surface area contributed by atoms with E-state index >= 15 is 0 Å². The fraction of sp³-hybridized carbons (Fsp3) is 0.290. The minimum absolute atomic E-state index is 0.0330. The van der Waals surface area contributed by atoms with Crippen LogP contribution in [-0.2, 0) is 11.8 Å². The van der Waals surface area contributed by atoms with E-state index < -0.39 is 0 Å². The molecule has 0 unspecified atom stereocenters. The van der Waals surface area contributed by atoms with Gasteiger partial charge in [-0.25, -0.2) is 9.97 Å². The van der Waals surface area contributed by atoms with Crippen molar-refractivity contribution in [2.75, 3.05) is 0 Å². The predicted octanol–water partition coefficient (Wildman–Crippen LogP) is 9.68. The summed E-state index contributed by atoms with van der Waals surface area (Å²) in [5.41, 5.74) is 5.02. The Morgan fingerprint density at radius 3 is 2.40 bits per heavy atom. The van der Waals surface area contributed by atoms with Gasteiger partial charge in [0.1, 0.15) is 11.2 Å². The highest BCUT2D eigenvalue weighted by atomic mass is 32.1. The number of rotatable bonds is 3. The maximum atomic E-state index is 4.87. The van der Waals surface area contributed by atoms with Gasteiger partial charge in [-0.15, -0.1) is 22.7 Å². The molecule has 176 valence electrons. The highest BCUT2D eigenvalue weighted by Gasteiger charge is 2.21. The maximum absolute atomic E-state index is 4.87. The topological polar surface area (TPSA) is 25.8 Å². The van der Waals surface area contributed by atoms with Crippen molar-refractivity contribution in [2.45, 2.75) is 53.4 Å². The van der Waals surface area contributed by atoms with E-state index in [-0.39, 0.29) is 5.41 Å². The lowest BCUT2D eigenvalue weighted by molar-refractivity contribution is 0.596. The van der Waals surface area contributed by atoms with Crippen molar-refractivity contribution in [2.24, 2.45) is 5.92 Å². The van der Waals surface area contributed by atoms with Crippen molar-refractivity contribution in [3.63, 3.8) is 0 Å². The van der Waals surface area contributed by atoms with Crippen LogP contribution < -0.4 is 0 Å². The Kier molecular flexibility index (Phi) is 5.24. The maximum Gasteiger partial charge on any atom is 0.128 e.